The normalized spacial score (nSPS) is 20.1. The largest absolute Gasteiger partial charge is 0.338 e. The molecule has 1 aliphatic heterocycles. The van der Waals surface area contributed by atoms with Gasteiger partial charge in [0.1, 0.15) is 5.82 Å². The average molecular weight is 284 g/mol. The van der Waals surface area contributed by atoms with Crippen LogP contribution in [0.4, 0.5) is 4.39 Å². The smallest absolute Gasteiger partial charge is 0.227 e. The van der Waals surface area contributed by atoms with Crippen molar-refractivity contribution >= 4 is 17.5 Å². The molecule has 104 valence electrons. The summed E-state index contributed by atoms with van der Waals surface area (Å²) in [6, 6.07) is 6.55. The highest BCUT2D eigenvalue weighted by Gasteiger charge is 2.25. The van der Waals surface area contributed by atoms with Gasteiger partial charge in [-0.15, -0.1) is 11.6 Å². The van der Waals surface area contributed by atoms with Crippen molar-refractivity contribution in [1.29, 1.82) is 0 Å². The van der Waals surface area contributed by atoms with Crippen LogP contribution in [0, 0.1) is 5.82 Å². The van der Waals surface area contributed by atoms with Gasteiger partial charge in [-0.05, 0) is 24.5 Å². The molecule has 0 spiro atoms. The Labute approximate surface area is 118 Å². The van der Waals surface area contributed by atoms with E-state index in [1.807, 2.05) is 4.90 Å². The molecule has 2 rings (SSSR count). The van der Waals surface area contributed by atoms with Crippen molar-refractivity contribution in [2.24, 2.45) is 0 Å². The Kier molecular flexibility index (Phi) is 5.20. The van der Waals surface area contributed by atoms with E-state index in [1.165, 1.54) is 6.07 Å². The van der Waals surface area contributed by atoms with E-state index in [1.54, 1.807) is 18.2 Å². The molecule has 1 fully saturated rings. The van der Waals surface area contributed by atoms with Gasteiger partial charge in [-0.25, -0.2) is 4.39 Å². The van der Waals surface area contributed by atoms with Crippen LogP contribution in [-0.2, 0) is 11.2 Å². The number of amides is 1. The van der Waals surface area contributed by atoms with Gasteiger partial charge in [-0.3, -0.25) is 4.79 Å². The van der Waals surface area contributed by atoms with E-state index in [2.05, 4.69) is 0 Å². The topological polar surface area (TPSA) is 20.3 Å². The van der Waals surface area contributed by atoms with Gasteiger partial charge >= 0.3 is 0 Å². The Hall–Kier alpha value is -1.09. The van der Waals surface area contributed by atoms with Gasteiger partial charge in [-0.2, -0.15) is 0 Å². The van der Waals surface area contributed by atoms with Crippen LogP contribution in [0.2, 0.25) is 0 Å². The molecule has 2 nitrogen and oxygen atoms in total. The quantitative estimate of drug-likeness (QED) is 0.779. The first-order chi connectivity index (χ1) is 9.22. The highest BCUT2D eigenvalue weighted by molar-refractivity contribution is 6.18. The van der Waals surface area contributed by atoms with Gasteiger partial charge in [0.25, 0.3) is 0 Å². The number of alkyl halides is 1. The summed E-state index contributed by atoms with van der Waals surface area (Å²) in [7, 11) is 0. The predicted octanol–water partition coefficient (Wildman–Crippen LogP) is 3.38. The zero-order valence-electron chi connectivity index (χ0n) is 10.9. The fourth-order valence-corrected chi connectivity index (χ4v) is 2.89. The van der Waals surface area contributed by atoms with Crippen LogP contribution in [0.3, 0.4) is 0 Å². The first-order valence-corrected chi connectivity index (χ1v) is 7.34. The molecule has 1 unspecified atom stereocenters. The lowest BCUT2D eigenvalue weighted by Gasteiger charge is -2.28. The summed E-state index contributed by atoms with van der Waals surface area (Å²) in [6.07, 6.45) is 4.33. The molecule has 0 saturated carbocycles. The molecular formula is C15H19ClFNO. The molecule has 19 heavy (non-hydrogen) atoms. The van der Waals surface area contributed by atoms with Crippen molar-refractivity contribution in [2.45, 2.75) is 38.1 Å². The van der Waals surface area contributed by atoms with Crippen molar-refractivity contribution in [1.82, 2.24) is 4.90 Å². The number of halogens is 2. The highest BCUT2D eigenvalue weighted by atomic mass is 35.5. The lowest BCUT2D eigenvalue weighted by atomic mass is 10.1. The zero-order valence-corrected chi connectivity index (χ0v) is 11.7. The van der Waals surface area contributed by atoms with E-state index >= 15 is 0 Å². The first-order valence-electron chi connectivity index (χ1n) is 6.81. The fourth-order valence-electron chi connectivity index (χ4n) is 2.57. The Morgan fingerprint density at radius 1 is 1.32 bits per heavy atom. The molecule has 1 aliphatic rings. The molecule has 1 aromatic rings. The average Bonchev–Trinajstić information content (AvgIpc) is 2.66. The number of hydrogen-bond acceptors (Lipinski definition) is 1. The summed E-state index contributed by atoms with van der Waals surface area (Å²) >= 11 is 5.96. The Morgan fingerprint density at radius 2 is 2.11 bits per heavy atom. The Balaban J connectivity index is 2.07. The Morgan fingerprint density at radius 3 is 2.84 bits per heavy atom. The van der Waals surface area contributed by atoms with E-state index in [0.29, 0.717) is 11.4 Å². The maximum absolute atomic E-state index is 13.6. The van der Waals surface area contributed by atoms with E-state index in [9.17, 15) is 9.18 Å². The van der Waals surface area contributed by atoms with Crippen molar-refractivity contribution in [3.05, 3.63) is 35.6 Å². The molecule has 1 amide bonds. The molecular weight excluding hydrogens is 265 g/mol. The summed E-state index contributed by atoms with van der Waals surface area (Å²) in [5.41, 5.74) is 0.463. The monoisotopic (exact) mass is 283 g/mol. The minimum Gasteiger partial charge on any atom is -0.338 e. The maximum Gasteiger partial charge on any atom is 0.227 e. The van der Waals surface area contributed by atoms with E-state index in [4.69, 9.17) is 11.6 Å². The summed E-state index contributed by atoms with van der Waals surface area (Å²) < 4.78 is 13.6. The lowest BCUT2D eigenvalue weighted by Crippen LogP contribution is -2.42. The molecule has 1 heterocycles. The fraction of sp³-hybridized carbons (Fsp3) is 0.533. The number of hydrogen-bond donors (Lipinski definition) is 0. The van der Waals surface area contributed by atoms with Crippen molar-refractivity contribution < 1.29 is 9.18 Å². The highest BCUT2D eigenvalue weighted by Crippen LogP contribution is 2.19. The van der Waals surface area contributed by atoms with Crippen LogP contribution >= 0.6 is 11.6 Å². The van der Waals surface area contributed by atoms with E-state index in [-0.39, 0.29) is 24.2 Å². The number of benzene rings is 1. The second-order valence-corrected chi connectivity index (χ2v) is 5.32. The van der Waals surface area contributed by atoms with Crippen molar-refractivity contribution in [2.75, 3.05) is 12.4 Å². The van der Waals surface area contributed by atoms with Crippen LogP contribution < -0.4 is 0 Å². The van der Waals surface area contributed by atoms with Crippen LogP contribution in [-0.4, -0.2) is 29.3 Å². The lowest BCUT2D eigenvalue weighted by molar-refractivity contribution is -0.132. The van der Waals surface area contributed by atoms with Gasteiger partial charge in [-0.1, -0.05) is 31.0 Å². The van der Waals surface area contributed by atoms with Crippen LogP contribution in [0.15, 0.2) is 24.3 Å². The van der Waals surface area contributed by atoms with Gasteiger partial charge < -0.3 is 4.90 Å². The SMILES string of the molecule is O=C(Cc1ccccc1F)N1CCCCCC1CCl. The molecule has 1 aromatic carbocycles. The van der Waals surface area contributed by atoms with Crippen LogP contribution in [0.25, 0.3) is 0 Å². The van der Waals surface area contributed by atoms with E-state index in [0.717, 1.165) is 32.2 Å². The first kappa shape index (κ1) is 14.3. The number of likely N-dealkylation sites (tertiary alicyclic amines) is 1. The molecule has 0 aliphatic carbocycles. The maximum atomic E-state index is 13.6. The Bertz CT molecular complexity index is 438. The standard InChI is InChI=1S/C15H19ClFNO/c16-11-13-7-2-1-5-9-18(13)15(19)10-12-6-3-4-8-14(12)17/h3-4,6,8,13H,1-2,5,7,9-11H2. The number of rotatable bonds is 3. The number of nitrogens with zero attached hydrogens (tertiary/aromatic N) is 1. The summed E-state index contributed by atoms with van der Waals surface area (Å²) in [6.45, 7) is 0.741. The number of carbonyl (C=O) groups excluding carboxylic acids is 1. The molecule has 1 saturated heterocycles. The molecule has 0 radical (unpaired) electrons. The summed E-state index contributed by atoms with van der Waals surface area (Å²) in [5, 5.41) is 0. The third-order valence-electron chi connectivity index (χ3n) is 3.68. The minimum absolute atomic E-state index is 0.0161. The third kappa shape index (κ3) is 3.69. The van der Waals surface area contributed by atoms with Gasteiger partial charge in [0, 0.05) is 18.5 Å². The predicted molar refractivity (Wildman–Crippen MR) is 74.8 cm³/mol. The van der Waals surface area contributed by atoms with Gasteiger partial charge in [0.2, 0.25) is 5.91 Å². The molecule has 0 aromatic heterocycles. The number of carbonyl (C=O) groups is 1. The second-order valence-electron chi connectivity index (χ2n) is 5.01. The van der Waals surface area contributed by atoms with Crippen molar-refractivity contribution in [3.8, 4) is 0 Å². The molecule has 0 bridgehead atoms. The summed E-state index contributed by atoms with van der Waals surface area (Å²) in [5.74, 6) is 0.133. The molecule has 1 atom stereocenters. The third-order valence-corrected chi connectivity index (χ3v) is 4.03. The van der Waals surface area contributed by atoms with Crippen LogP contribution in [0.1, 0.15) is 31.2 Å². The summed E-state index contributed by atoms with van der Waals surface area (Å²) in [4.78, 5) is 14.2. The van der Waals surface area contributed by atoms with Gasteiger partial charge in [0.15, 0.2) is 0 Å². The molecule has 4 heteroatoms. The zero-order chi connectivity index (χ0) is 13.7. The molecule has 0 N–H and O–H groups in total. The van der Waals surface area contributed by atoms with Crippen LogP contribution in [0.5, 0.6) is 0 Å². The second kappa shape index (κ2) is 6.90. The van der Waals surface area contributed by atoms with Crippen molar-refractivity contribution in [3.63, 3.8) is 0 Å². The van der Waals surface area contributed by atoms with E-state index < -0.39 is 0 Å². The van der Waals surface area contributed by atoms with Gasteiger partial charge in [0.05, 0.1) is 6.42 Å². The minimum atomic E-state index is -0.312.